The Morgan fingerprint density at radius 1 is 1.47 bits per heavy atom. The first-order valence-electron chi connectivity index (χ1n) is 4.95. The topological polar surface area (TPSA) is 61.3 Å². The lowest BCUT2D eigenvalue weighted by molar-refractivity contribution is 0.411. The highest BCUT2D eigenvalue weighted by molar-refractivity contribution is 9.10. The van der Waals surface area contributed by atoms with Crippen LogP contribution < -0.4 is 16.2 Å². The third-order valence-corrected chi connectivity index (χ3v) is 3.60. The van der Waals surface area contributed by atoms with Crippen LogP contribution in [-0.4, -0.2) is 12.6 Å². The van der Waals surface area contributed by atoms with Gasteiger partial charge in [-0.15, -0.1) is 0 Å². The summed E-state index contributed by atoms with van der Waals surface area (Å²) in [6.07, 6.45) is 2.02. The molecule has 3 nitrogen and oxygen atoms in total. The van der Waals surface area contributed by atoms with Gasteiger partial charge in [-0.1, -0.05) is 6.07 Å². The van der Waals surface area contributed by atoms with E-state index in [2.05, 4.69) is 15.9 Å². The van der Waals surface area contributed by atoms with E-state index in [0.717, 1.165) is 28.6 Å². The first-order valence-corrected chi connectivity index (χ1v) is 5.74. The van der Waals surface area contributed by atoms with Crippen molar-refractivity contribution in [2.24, 2.45) is 11.5 Å². The van der Waals surface area contributed by atoms with Gasteiger partial charge in [-0.25, -0.2) is 0 Å². The third-order valence-electron chi connectivity index (χ3n) is 2.98. The maximum Gasteiger partial charge on any atom is 0.133 e. The van der Waals surface area contributed by atoms with E-state index in [1.165, 1.54) is 0 Å². The molecule has 1 aromatic carbocycles. The van der Waals surface area contributed by atoms with Crippen LogP contribution in [-0.2, 0) is 0 Å². The summed E-state index contributed by atoms with van der Waals surface area (Å²) in [7, 11) is 1.64. The second-order valence-corrected chi connectivity index (χ2v) is 4.96. The van der Waals surface area contributed by atoms with Crippen molar-refractivity contribution >= 4 is 15.9 Å². The average molecular weight is 271 g/mol. The van der Waals surface area contributed by atoms with Crippen molar-refractivity contribution in [3.8, 4) is 5.75 Å². The van der Waals surface area contributed by atoms with Crippen molar-refractivity contribution in [3.05, 3.63) is 28.2 Å². The number of methoxy groups -OCH3 is 1. The van der Waals surface area contributed by atoms with E-state index >= 15 is 0 Å². The summed E-state index contributed by atoms with van der Waals surface area (Å²) < 4.78 is 6.08. The zero-order valence-electron chi connectivity index (χ0n) is 8.66. The van der Waals surface area contributed by atoms with E-state index in [9.17, 15) is 0 Å². The molecule has 0 saturated heterocycles. The standard InChI is InChI=1S/C11H15BrN2O/c1-15-9-3-2-7(6-8(9)12)10(13)11(14)4-5-11/h2-3,6,10H,4-5,13-14H2,1H3. The molecule has 1 saturated carbocycles. The molecule has 1 atom stereocenters. The van der Waals surface area contributed by atoms with Gasteiger partial charge in [0.1, 0.15) is 5.75 Å². The van der Waals surface area contributed by atoms with Gasteiger partial charge in [-0.2, -0.15) is 0 Å². The maximum atomic E-state index is 6.11. The summed E-state index contributed by atoms with van der Waals surface area (Å²) in [6.45, 7) is 0. The minimum atomic E-state index is -0.186. The van der Waals surface area contributed by atoms with Crippen molar-refractivity contribution in [1.82, 2.24) is 0 Å². The van der Waals surface area contributed by atoms with Crippen molar-refractivity contribution in [3.63, 3.8) is 0 Å². The molecule has 0 aliphatic heterocycles. The van der Waals surface area contributed by atoms with Crippen LogP contribution in [0.25, 0.3) is 0 Å². The molecule has 1 fully saturated rings. The summed E-state index contributed by atoms with van der Waals surface area (Å²) in [5.41, 5.74) is 13.1. The van der Waals surface area contributed by atoms with Gasteiger partial charge in [-0.3, -0.25) is 0 Å². The highest BCUT2D eigenvalue weighted by Gasteiger charge is 2.44. The minimum absolute atomic E-state index is 0.0836. The lowest BCUT2D eigenvalue weighted by Crippen LogP contribution is -2.36. The van der Waals surface area contributed by atoms with E-state index in [1.807, 2.05) is 18.2 Å². The van der Waals surface area contributed by atoms with Gasteiger partial charge in [0.2, 0.25) is 0 Å². The summed E-state index contributed by atoms with van der Waals surface area (Å²) in [4.78, 5) is 0. The van der Waals surface area contributed by atoms with Gasteiger partial charge >= 0.3 is 0 Å². The lowest BCUT2D eigenvalue weighted by atomic mass is 9.99. The molecule has 4 N–H and O–H groups in total. The number of benzene rings is 1. The number of hydrogen-bond acceptors (Lipinski definition) is 3. The lowest BCUT2D eigenvalue weighted by Gasteiger charge is -2.19. The molecule has 82 valence electrons. The summed E-state index contributed by atoms with van der Waals surface area (Å²) in [5.74, 6) is 0.813. The van der Waals surface area contributed by atoms with Crippen molar-refractivity contribution < 1.29 is 4.74 Å². The van der Waals surface area contributed by atoms with Gasteiger partial charge in [0.05, 0.1) is 11.6 Å². The van der Waals surface area contributed by atoms with Crippen LogP contribution >= 0.6 is 15.9 Å². The molecule has 0 bridgehead atoms. The molecule has 1 aliphatic rings. The van der Waals surface area contributed by atoms with Crippen molar-refractivity contribution in [2.75, 3.05) is 7.11 Å². The van der Waals surface area contributed by atoms with Gasteiger partial charge < -0.3 is 16.2 Å². The molecular weight excluding hydrogens is 256 g/mol. The SMILES string of the molecule is COc1ccc(C(N)C2(N)CC2)cc1Br. The summed E-state index contributed by atoms with van der Waals surface area (Å²) in [6, 6.07) is 5.78. The predicted molar refractivity (Wildman–Crippen MR) is 63.8 cm³/mol. The van der Waals surface area contributed by atoms with E-state index in [1.54, 1.807) is 7.11 Å². The van der Waals surface area contributed by atoms with Gasteiger partial charge in [0, 0.05) is 11.6 Å². The largest absolute Gasteiger partial charge is 0.496 e. The quantitative estimate of drug-likeness (QED) is 0.883. The predicted octanol–water partition coefficient (Wildman–Crippen LogP) is 1.95. The molecule has 15 heavy (non-hydrogen) atoms. The van der Waals surface area contributed by atoms with Gasteiger partial charge in [0.15, 0.2) is 0 Å². The van der Waals surface area contributed by atoms with Gasteiger partial charge in [-0.05, 0) is 46.5 Å². The zero-order valence-corrected chi connectivity index (χ0v) is 10.3. The molecular formula is C11H15BrN2O. The fraction of sp³-hybridized carbons (Fsp3) is 0.455. The number of hydrogen-bond donors (Lipinski definition) is 2. The highest BCUT2D eigenvalue weighted by atomic mass is 79.9. The first-order chi connectivity index (χ1) is 7.07. The Balaban J connectivity index is 2.26. The van der Waals surface area contributed by atoms with Gasteiger partial charge in [0.25, 0.3) is 0 Å². The maximum absolute atomic E-state index is 6.11. The van der Waals surface area contributed by atoms with Crippen LogP contribution in [0.3, 0.4) is 0 Å². The Bertz CT molecular complexity index is 377. The van der Waals surface area contributed by atoms with Crippen LogP contribution in [0.15, 0.2) is 22.7 Å². The highest BCUT2D eigenvalue weighted by Crippen LogP contribution is 2.43. The number of rotatable bonds is 3. The van der Waals surface area contributed by atoms with E-state index in [4.69, 9.17) is 16.2 Å². The molecule has 0 radical (unpaired) electrons. The Kier molecular flexibility index (Phi) is 2.75. The molecule has 0 aromatic heterocycles. The number of halogens is 1. The van der Waals surface area contributed by atoms with Crippen LogP contribution in [0.2, 0.25) is 0 Å². The molecule has 4 heteroatoms. The van der Waals surface area contributed by atoms with E-state index in [-0.39, 0.29) is 11.6 Å². The molecule has 1 aliphatic carbocycles. The fourth-order valence-electron chi connectivity index (χ4n) is 1.66. The second-order valence-electron chi connectivity index (χ2n) is 4.10. The van der Waals surface area contributed by atoms with E-state index < -0.39 is 0 Å². The summed E-state index contributed by atoms with van der Waals surface area (Å²) in [5, 5.41) is 0. The fourth-order valence-corrected chi connectivity index (χ4v) is 2.22. The molecule has 0 heterocycles. The average Bonchev–Trinajstić information content (AvgIpc) is 2.96. The molecule has 1 unspecified atom stereocenters. The van der Waals surface area contributed by atoms with Crippen molar-refractivity contribution in [1.29, 1.82) is 0 Å². The van der Waals surface area contributed by atoms with E-state index in [0.29, 0.717) is 0 Å². The molecule has 0 spiro atoms. The summed E-state index contributed by atoms with van der Waals surface area (Å²) >= 11 is 3.44. The smallest absolute Gasteiger partial charge is 0.133 e. The molecule has 2 rings (SSSR count). The van der Waals surface area contributed by atoms with Crippen molar-refractivity contribution in [2.45, 2.75) is 24.4 Å². The number of nitrogens with two attached hydrogens (primary N) is 2. The minimum Gasteiger partial charge on any atom is -0.496 e. The first kappa shape index (κ1) is 10.9. The number of ether oxygens (including phenoxy) is 1. The van der Waals surface area contributed by atoms with Crippen LogP contribution in [0.4, 0.5) is 0 Å². The molecule has 1 aromatic rings. The molecule has 0 amide bonds. The normalized spacial score (nSPS) is 19.7. The zero-order chi connectivity index (χ0) is 11.1. The second kappa shape index (κ2) is 3.77. The van der Waals surface area contributed by atoms with Crippen LogP contribution in [0.1, 0.15) is 24.4 Å². The monoisotopic (exact) mass is 270 g/mol. The Morgan fingerprint density at radius 2 is 2.13 bits per heavy atom. The Morgan fingerprint density at radius 3 is 2.60 bits per heavy atom. The van der Waals surface area contributed by atoms with Crippen LogP contribution in [0.5, 0.6) is 5.75 Å². The Labute approximate surface area is 97.9 Å². The Hall–Kier alpha value is -0.580. The third kappa shape index (κ3) is 2.02. The van der Waals surface area contributed by atoms with Crippen LogP contribution in [0, 0.1) is 0 Å².